The molecule has 6 nitrogen and oxygen atoms in total. The SMILES string of the molecule is CCCCN(Cc1ccc2c(c1)OCCO2)Cc1c(-c2ccccc2OC)nc(-c2ccccc2)n1CCCC. The molecule has 0 N–H and O–H groups in total. The van der Waals surface area contributed by atoms with Crippen LogP contribution in [0.25, 0.3) is 22.6 Å². The first kappa shape index (κ1) is 27.8. The van der Waals surface area contributed by atoms with E-state index in [1.54, 1.807) is 7.11 Å². The van der Waals surface area contributed by atoms with Crippen molar-refractivity contribution in [3.63, 3.8) is 0 Å². The van der Waals surface area contributed by atoms with Crippen molar-refractivity contribution in [1.82, 2.24) is 14.5 Å². The third-order valence-corrected chi connectivity index (χ3v) is 7.42. The van der Waals surface area contributed by atoms with Gasteiger partial charge >= 0.3 is 0 Å². The van der Waals surface area contributed by atoms with Crippen LogP contribution in [0.4, 0.5) is 0 Å². The Morgan fingerprint density at radius 3 is 2.38 bits per heavy atom. The maximum absolute atomic E-state index is 5.89. The molecule has 5 rings (SSSR count). The zero-order valence-electron chi connectivity index (χ0n) is 24.1. The first-order valence-electron chi connectivity index (χ1n) is 14.6. The Balaban J connectivity index is 1.58. The molecule has 0 saturated carbocycles. The molecule has 0 bridgehead atoms. The molecule has 1 aliphatic heterocycles. The maximum Gasteiger partial charge on any atom is 0.161 e. The molecule has 4 aromatic rings. The lowest BCUT2D eigenvalue weighted by Crippen LogP contribution is -2.26. The molecule has 6 heteroatoms. The molecule has 2 heterocycles. The summed E-state index contributed by atoms with van der Waals surface area (Å²) in [4.78, 5) is 7.87. The second kappa shape index (κ2) is 13.5. The maximum atomic E-state index is 5.89. The molecule has 1 aromatic heterocycles. The second-order valence-corrected chi connectivity index (χ2v) is 10.3. The van der Waals surface area contributed by atoms with Crippen molar-refractivity contribution in [2.75, 3.05) is 26.9 Å². The van der Waals surface area contributed by atoms with E-state index in [2.05, 4.69) is 77.9 Å². The summed E-state index contributed by atoms with van der Waals surface area (Å²) in [6.45, 7) is 9.22. The molecule has 0 radical (unpaired) electrons. The Morgan fingerprint density at radius 1 is 0.850 bits per heavy atom. The number of aromatic nitrogens is 2. The smallest absolute Gasteiger partial charge is 0.161 e. The number of methoxy groups -OCH3 is 1. The number of nitrogens with zero attached hydrogens (tertiary/aromatic N) is 3. The van der Waals surface area contributed by atoms with Gasteiger partial charge in [0.1, 0.15) is 24.8 Å². The highest BCUT2D eigenvalue weighted by atomic mass is 16.6. The van der Waals surface area contributed by atoms with Crippen LogP contribution in [0.3, 0.4) is 0 Å². The summed E-state index contributed by atoms with van der Waals surface area (Å²) in [6, 6.07) is 25.1. The standard InChI is InChI=1S/C34H41N3O3/c1-4-6-19-36(24-26-17-18-31-32(23-26)40-22-21-39-31)25-29-33(28-15-11-12-16-30(28)38-3)35-34(37(29)20-7-5-2)27-13-9-8-10-14-27/h8-18,23H,4-7,19-22,24-25H2,1-3H3. The summed E-state index contributed by atoms with van der Waals surface area (Å²) < 4.78 is 19.9. The second-order valence-electron chi connectivity index (χ2n) is 10.3. The summed E-state index contributed by atoms with van der Waals surface area (Å²) in [5.74, 6) is 3.53. The molecular weight excluding hydrogens is 498 g/mol. The molecule has 0 amide bonds. The molecule has 0 unspecified atom stereocenters. The number of fused-ring (bicyclic) bond motifs is 1. The predicted octanol–water partition coefficient (Wildman–Crippen LogP) is 7.60. The molecule has 3 aromatic carbocycles. The molecule has 0 saturated heterocycles. The van der Waals surface area contributed by atoms with Gasteiger partial charge in [0.2, 0.25) is 0 Å². The number of unbranched alkanes of at least 4 members (excludes halogenated alkanes) is 2. The zero-order valence-corrected chi connectivity index (χ0v) is 24.1. The van der Waals surface area contributed by atoms with Gasteiger partial charge in [0, 0.05) is 30.8 Å². The van der Waals surface area contributed by atoms with E-state index < -0.39 is 0 Å². The van der Waals surface area contributed by atoms with Gasteiger partial charge in [-0.05, 0) is 49.2 Å². The topological polar surface area (TPSA) is 48.8 Å². The van der Waals surface area contributed by atoms with E-state index in [0.29, 0.717) is 13.2 Å². The molecule has 1 aliphatic rings. The van der Waals surface area contributed by atoms with E-state index in [4.69, 9.17) is 19.2 Å². The number of imidazole rings is 1. The first-order chi connectivity index (χ1) is 19.7. The van der Waals surface area contributed by atoms with E-state index in [1.165, 1.54) is 11.3 Å². The number of hydrogen-bond donors (Lipinski definition) is 0. The van der Waals surface area contributed by atoms with E-state index in [-0.39, 0.29) is 0 Å². The van der Waals surface area contributed by atoms with Gasteiger partial charge in [0.15, 0.2) is 11.5 Å². The Kier molecular flexibility index (Phi) is 9.40. The van der Waals surface area contributed by atoms with E-state index in [9.17, 15) is 0 Å². The van der Waals surface area contributed by atoms with Crippen LogP contribution < -0.4 is 14.2 Å². The summed E-state index contributed by atoms with van der Waals surface area (Å²) in [7, 11) is 1.74. The lowest BCUT2D eigenvalue weighted by molar-refractivity contribution is 0.171. The minimum Gasteiger partial charge on any atom is -0.496 e. The van der Waals surface area contributed by atoms with Gasteiger partial charge < -0.3 is 18.8 Å². The van der Waals surface area contributed by atoms with E-state index in [1.807, 2.05) is 18.2 Å². The summed E-state index contributed by atoms with van der Waals surface area (Å²) >= 11 is 0. The van der Waals surface area contributed by atoms with Gasteiger partial charge in [-0.25, -0.2) is 4.98 Å². The summed E-state index contributed by atoms with van der Waals surface area (Å²) in [5, 5.41) is 0. The Labute approximate surface area is 238 Å². The lowest BCUT2D eigenvalue weighted by atomic mass is 10.1. The van der Waals surface area contributed by atoms with Crippen LogP contribution in [0.15, 0.2) is 72.8 Å². The number of benzene rings is 3. The van der Waals surface area contributed by atoms with Crippen LogP contribution in [0.5, 0.6) is 17.2 Å². The van der Waals surface area contributed by atoms with Gasteiger partial charge in [-0.1, -0.05) is 75.2 Å². The van der Waals surface area contributed by atoms with Gasteiger partial charge in [0.25, 0.3) is 0 Å². The minimum absolute atomic E-state index is 0.594. The van der Waals surface area contributed by atoms with Crippen molar-refractivity contribution in [3.8, 4) is 39.9 Å². The molecule has 0 aliphatic carbocycles. The van der Waals surface area contributed by atoms with Gasteiger partial charge in [-0.15, -0.1) is 0 Å². The Morgan fingerprint density at radius 2 is 1.60 bits per heavy atom. The van der Waals surface area contributed by atoms with Crippen molar-refractivity contribution in [1.29, 1.82) is 0 Å². The molecule has 0 atom stereocenters. The summed E-state index contributed by atoms with van der Waals surface area (Å²) in [5.41, 5.74) is 5.61. The molecule has 0 fully saturated rings. The fraction of sp³-hybridized carbons (Fsp3) is 0.382. The fourth-order valence-corrected chi connectivity index (χ4v) is 5.32. The van der Waals surface area contributed by atoms with Crippen LogP contribution in [0.1, 0.15) is 50.8 Å². The quantitative estimate of drug-likeness (QED) is 0.175. The lowest BCUT2D eigenvalue weighted by Gasteiger charge is -2.25. The minimum atomic E-state index is 0.594. The highest BCUT2D eigenvalue weighted by Gasteiger charge is 2.24. The largest absolute Gasteiger partial charge is 0.496 e. The number of rotatable bonds is 13. The zero-order chi connectivity index (χ0) is 27.7. The van der Waals surface area contributed by atoms with Crippen LogP contribution >= 0.6 is 0 Å². The predicted molar refractivity (Wildman–Crippen MR) is 161 cm³/mol. The van der Waals surface area contributed by atoms with Crippen LogP contribution in [-0.2, 0) is 19.6 Å². The molecule has 210 valence electrons. The van der Waals surface area contributed by atoms with Crippen molar-refractivity contribution in [2.24, 2.45) is 0 Å². The van der Waals surface area contributed by atoms with E-state index in [0.717, 1.165) is 91.8 Å². The molecular formula is C34H41N3O3. The highest BCUT2D eigenvalue weighted by Crippen LogP contribution is 2.36. The van der Waals surface area contributed by atoms with Crippen LogP contribution in [-0.4, -0.2) is 41.3 Å². The average molecular weight is 540 g/mol. The monoisotopic (exact) mass is 539 g/mol. The van der Waals surface area contributed by atoms with Crippen molar-refractivity contribution >= 4 is 0 Å². The average Bonchev–Trinajstić information content (AvgIpc) is 3.36. The van der Waals surface area contributed by atoms with Gasteiger partial charge in [-0.3, -0.25) is 4.90 Å². The Hall–Kier alpha value is -3.77. The van der Waals surface area contributed by atoms with Crippen molar-refractivity contribution < 1.29 is 14.2 Å². The van der Waals surface area contributed by atoms with Gasteiger partial charge in [-0.2, -0.15) is 0 Å². The van der Waals surface area contributed by atoms with Crippen LogP contribution in [0, 0.1) is 0 Å². The number of ether oxygens (including phenoxy) is 3. The van der Waals surface area contributed by atoms with Crippen molar-refractivity contribution in [2.45, 2.75) is 59.2 Å². The third kappa shape index (κ3) is 6.34. The number of para-hydroxylation sites is 1. The third-order valence-electron chi connectivity index (χ3n) is 7.42. The number of hydrogen-bond acceptors (Lipinski definition) is 5. The normalized spacial score (nSPS) is 12.6. The highest BCUT2D eigenvalue weighted by molar-refractivity contribution is 5.73. The molecule has 40 heavy (non-hydrogen) atoms. The fourth-order valence-electron chi connectivity index (χ4n) is 5.32. The molecule has 0 spiro atoms. The van der Waals surface area contributed by atoms with E-state index >= 15 is 0 Å². The van der Waals surface area contributed by atoms with Crippen molar-refractivity contribution in [3.05, 3.63) is 84.1 Å². The Bertz CT molecular complexity index is 1380. The summed E-state index contributed by atoms with van der Waals surface area (Å²) in [6.07, 6.45) is 4.48. The first-order valence-corrected chi connectivity index (χ1v) is 14.6. The van der Waals surface area contributed by atoms with Crippen LogP contribution in [0.2, 0.25) is 0 Å². The van der Waals surface area contributed by atoms with Gasteiger partial charge in [0.05, 0.1) is 18.5 Å².